The zero-order chi connectivity index (χ0) is 15.5. The van der Waals surface area contributed by atoms with Gasteiger partial charge in [0.2, 0.25) is 5.91 Å². The van der Waals surface area contributed by atoms with Crippen LogP contribution in [0.1, 0.15) is 25.3 Å². The van der Waals surface area contributed by atoms with Crippen molar-refractivity contribution in [3.63, 3.8) is 0 Å². The number of anilines is 2. The third kappa shape index (κ3) is 4.24. The molecular weight excluding hydrogens is 285 g/mol. The second-order valence-electron chi connectivity index (χ2n) is 4.90. The fourth-order valence-electron chi connectivity index (χ4n) is 2.03. The molecule has 1 unspecified atom stereocenters. The van der Waals surface area contributed by atoms with Crippen molar-refractivity contribution in [1.82, 2.24) is 10.3 Å². The zero-order valence-corrected chi connectivity index (χ0v) is 11.5. The third-order valence-corrected chi connectivity index (χ3v) is 3.04. The van der Waals surface area contributed by atoms with E-state index in [4.69, 9.17) is 0 Å². The number of nitrogens with one attached hydrogen (secondary N) is 3. The van der Waals surface area contributed by atoms with E-state index in [2.05, 4.69) is 20.9 Å². The predicted molar refractivity (Wildman–Crippen MR) is 73.1 cm³/mol. The highest BCUT2D eigenvalue weighted by atomic mass is 19.4. The quantitative estimate of drug-likeness (QED) is 0.780. The second-order valence-corrected chi connectivity index (χ2v) is 4.90. The van der Waals surface area contributed by atoms with Crippen LogP contribution in [-0.2, 0) is 11.0 Å². The Labute approximate surface area is 120 Å². The minimum atomic E-state index is -4.44. The van der Waals surface area contributed by atoms with E-state index in [0.29, 0.717) is 13.1 Å². The Hall–Kier alpha value is -1.99. The number of hydrogen-bond donors (Lipinski definition) is 3. The van der Waals surface area contributed by atoms with Gasteiger partial charge in [0.1, 0.15) is 11.6 Å². The van der Waals surface area contributed by atoms with Crippen LogP contribution in [0.3, 0.4) is 0 Å². The molecule has 0 saturated carbocycles. The first-order valence-corrected chi connectivity index (χ1v) is 6.75. The molecule has 0 bridgehead atoms. The van der Waals surface area contributed by atoms with Gasteiger partial charge in [-0.3, -0.25) is 4.79 Å². The van der Waals surface area contributed by atoms with Crippen molar-refractivity contribution in [3.8, 4) is 0 Å². The Kier molecular flexibility index (Phi) is 4.54. The van der Waals surface area contributed by atoms with E-state index in [1.165, 1.54) is 0 Å². The van der Waals surface area contributed by atoms with Crippen molar-refractivity contribution in [2.24, 2.45) is 0 Å². The van der Waals surface area contributed by atoms with E-state index in [1.807, 2.05) is 6.92 Å². The molecule has 0 radical (unpaired) electrons. The standard InChI is InChI=1S/C13H17F3N4O/c1-2-3-17-10-4-8(13(14,15)16)5-11(20-10)19-9-6-12(21)18-7-9/h4-5,9H,2-3,6-7H2,1H3,(H,18,21)(H2,17,19,20). The number of amides is 1. The van der Waals surface area contributed by atoms with Gasteiger partial charge in [0.15, 0.2) is 0 Å². The first-order valence-electron chi connectivity index (χ1n) is 6.75. The first kappa shape index (κ1) is 15.4. The molecule has 21 heavy (non-hydrogen) atoms. The van der Waals surface area contributed by atoms with Crippen LogP contribution in [0.2, 0.25) is 0 Å². The molecule has 1 aromatic rings. The lowest BCUT2D eigenvalue weighted by Crippen LogP contribution is -2.23. The van der Waals surface area contributed by atoms with Gasteiger partial charge in [0.25, 0.3) is 0 Å². The van der Waals surface area contributed by atoms with Gasteiger partial charge in [-0.05, 0) is 18.6 Å². The Bertz CT molecular complexity index is 519. The Morgan fingerprint density at radius 1 is 1.38 bits per heavy atom. The lowest BCUT2D eigenvalue weighted by Gasteiger charge is -2.16. The highest BCUT2D eigenvalue weighted by Crippen LogP contribution is 2.32. The number of halogens is 3. The van der Waals surface area contributed by atoms with Crippen LogP contribution in [-0.4, -0.2) is 30.0 Å². The summed E-state index contributed by atoms with van der Waals surface area (Å²) in [4.78, 5) is 15.2. The van der Waals surface area contributed by atoms with Gasteiger partial charge in [-0.15, -0.1) is 0 Å². The summed E-state index contributed by atoms with van der Waals surface area (Å²) in [5.74, 6) is 0.167. The average Bonchev–Trinajstić information content (AvgIpc) is 2.80. The summed E-state index contributed by atoms with van der Waals surface area (Å²) >= 11 is 0. The fourth-order valence-corrected chi connectivity index (χ4v) is 2.03. The Balaban J connectivity index is 2.20. The molecule has 2 rings (SSSR count). The smallest absolute Gasteiger partial charge is 0.370 e. The van der Waals surface area contributed by atoms with E-state index >= 15 is 0 Å². The van der Waals surface area contributed by atoms with E-state index < -0.39 is 11.7 Å². The van der Waals surface area contributed by atoms with Gasteiger partial charge in [-0.2, -0.15) is 13.2 Å². The molecule has 8 heteroatoms. The molecule has 1 atom stereocenters. The van der Waals surface area contributed by atoms with Crippen molar-refractivity contribution in [2.75, 3.05) is 23.7 Å². The summed E-state index contributed by atoms with van der Waals surface area (Å²) in [5, 5.41) is 8.33. The highest BCUT2D eigenvalue weighted by Gasteiger charge is 2.32. The van der Waals surface area contributed by atoms with Crippen molar-refractivity contribution in [1.29, 1.82) is 0 Å². The van der Waals surface area contributed by atoms with Gasteiger partial charge in [0.05, 0.1) is 11.6 Å². The summed E-state index contributed by atoms with van der Waals surface area (Å²) in [6.45, 7) is 2.83. The lowest BCUT2D eigenvalue weighted by molar-refractivity contribution is -0.137. The van der Waals surface area contributed by atoms with Crippen LogP contribution in [0.4, 0.5) is 24.8 Å². The van der Waals surface area contributed by atoms with Crippen LogP contribution in [0, 0.1) is 0 Å². The molecule has 1 amide bonds. The van der Waals surface area contributed by atoms with Crippen LogP contribution >= 0.6 is 0 Å². The third-order valence-electron chi connectivity index (χ3n) is 3.04. The summed E-state index contributed by atoms with van der Waals surface area (Å²) < 4.78 is 38.7. The predicted octanol–water partition coefficient (Wildman–Crippen LogP) is 2.22. The SMILES string of the molecule is CCCNc1cc(C(F)(F)F)cc(NC2CNC(=O)C2)n1. The van der Waals surface area contributed by atoms with Crippen LogP contribution in [0.15, 0.2) is 12.1 Å². The van der Waals surface area contributed by atoms with Gasteiger partial charge >= 0.3 is 6.18 Å². The number of aromatic nitrogens is 1. The molecule has 0 aliphatic carbocycles. The maximum absolute atomic E-state index is 12.9. The number of rotatable bonds is 5. The van der Waals surface area contributed by atoms with Gasteiger partial charge in [-0.25, -0.2) is 4.98 Å². The monoisotopic (exact) mass is 302 g/mol. The summed E-state index contributed by atoms with van der Waals surface area (Å²) in [6, 6.07) is 1.70. The molecule has 1 fully saturated rings. The fraction of sp³-hybridized carbons (Fsp3) is 0.538. The normalized spacial score (nSPS) is 18.5. The number of pyridine rings is 1. The maximum Gasteiger partial charge on any atom is 0.416 e. The van der Waals surface area contributed by atoms with Crippen molar-refractivity contribution in [2.45, 2.75) is 32.0 Å². The minimum Gasteiger partial charge on any atom is -0.370 e. The topological polar surface area (TPSA) is 66.0 Å². The molecule has 0 aromatic carbocycles. The van der Waals surface area contributed by atoms with Crippen molar-refractivity contribution < 1.29 is 18.0 Å². The number of hydrogen-bond acceptors (Lipinski definition) is 4. The molecule has 1 aromatic heterocycles. The molecule has 116 valence electrons. The molecule has 3 N–H and O–H groups in total. The van der Waals surface area contributed by atoms with Gasteiger partial charge < -0.3 is 16.0 Å². The van der Waals surface area contributed by atoms with Crippen molar-refractivity contribution >= 4 is 17.5 Å². The minimum absolute atomic E-state index is 0.116. The van der Waals surface area contributed by atoms with E-state index in [1.54, 1.807) is 0 Å². The van der Waals surface area contributed by atoms with Crippen LogP contribution in [0.5, 0.6) is 0 Å². The summed E-state index contributed by atoms with van der Waals surface area (Å²) in [7, 11) is 0. The number of alkyl halides is 3. The van der Waals surface area contributed by atoms with Crippen LogP contribution < -0.4 is 16.0 Å². The lowest BCUT2D eigenvalue weighted by atomic mass is 10.2. The second kappa shape index (κ2) is 6.19. The maximum atomic E-state index is 12.9. The van der Waals surface area contributed by atoms with Crippen LogP contribution in [0.25, 0.3) is 0 Å². The largest absolute Gasteiger partial charge is 0.416 e. The van der Waals surface area contributed by atoms with Crippen molar-refractivity contribution in [3.05, 3.63) is 17.7 Å². The van der Waals surface area contributed by atoms with E-state index in [9.17, 15) is 18.0 Å². The first-order chi connectivity index (χ1) is 9.88. The molecule has 0 spiro atoms. The zero-order valence-electron chi connectivity index (χ0n) is 11.5. The van der Waals surface area contributed by atoms with Gasteiger partial charge in [-0.1, -0.05) is 6.92 Å². The number of carbonyl (C=O) groups excluding carboxylic acids is 1. The van der Waals surface area contributed by atoms with E-state index in [-0.39, 0.29) is 30.0 Å². The molecule has 1 saturated heterocycles. The highest BCUT2D eigenvalue weighted by molar-refractivity contribution is 5.79. The summed E-state index contributed by atoms with van der Waals surface area (Å²) in [5.41, 5.74) is -0.768. The molecule has 1 aliphatic rings. The number of carbonyl (C=O) groups is 1. The summed E-state index contributed by atoms with van der Waals surface area (Å²) in [6.07, 6.45) is -3.43. The molecule has 5 nitrogen and oxygen atoms in total. The molecular formula is C13H17F3N4O. The Morgan fingerprint density at radius 3 is 2.67 bits per heavy atom. The number of nitrogens with zero attached hydrogens (tertiary/aromatic N) is 1. The van der Waals surface area contributed by atoms with E-state index in [0.717, 1.165) is 18.6 Å². The average molecular weight is 302 g/mol. The van der Waals surface area contributed by atoms with Gasteiger partial charge in [0, 0.05) is 19.5 Å². The Morgan fingerprint density at radius 2 is 2.10 bits per heavy atom. The molecule has 2 heterocycles. The molecule has 1 aliphatic heterocycles.